The van der Waals surface area contributed by atoms with E-state index in [1.54, 1.807) is 0 Å². The smallest absolute Gasteiger partial charge is 0.222 e. The van der Waals surface area contributed by atoms with Crippen LogP contribution in [0.25, 0.3) is 0 Å². The van der Waals surface area contributed by atoms with Gasteiger partial charge in [-0.05, 0) is 6.92 Å². The largest absolute Gasteiger partial charge is 0.395 e. The molecule has 1 amide bonds. The van der Waals surface area contributed by atoms with Crippen LogP contribution < -0.4 is 0 Å². The lowest BCUT2D eigenvalue weighted by Crippen LogP contribution is -2.35. The predicted molar refractivity (Wildman–Crippen MR) is 40.7 cm³/mol. The second-order valence-corrected chi connectivity index (χ2v) is 2.08. The molecule has 4 nitrogen and oxygen atoms in total. The number of hydrogen-bond acceptors (Lipinski definition) is 3. The lowest BCUT2D eigenvalue weighted by molar-refractivity contribution is -0.131. The van der Waals surface area contributed by atoms with Gasteiger partial charge in [0.05, 0.1) is 13.2 Å². The van der Waals surface area contributed by atoms with E-state index >= 15 is 0 Å². The quantitative estimate of drug-likeness (QED) is 0.543. The number of carbonyl (C=O) groups excluding carboxylic acids is 1. The fourth-order valence-corrected chi connectivity index (χ4v) is 0.761. The summed E-state index contributed by atoms with van der Waals surface area (Å²) >= 11 is 0. The van der Waals surface area contributed by atoms with Crippen LogP contribution in [0.2, 0.25) is 0 Å². The van der Waals surface area contributed by atoms with Crippen LogP contribution in [0.4, 0.5) is 0 Å². The van der Waals surface area contributed by atoms with Crippen LogP contribution in [0, 0.1) is 6.92 Å². The van der Waals surface area contributed by atoms with Crippen molar-refractivity contribution >= 4 is 5.91 Å². The molecule has 0 aliphatic carbocycles. The van der Waals surface area contributed by atoms with E-state index in [0.29, 0.717) is 0 Å². The second kappa shape index (κ2) is 6.12. The van der Waals surface area contributed by atoms with E-state index < -0.39 is 0 Å². The second-order valence-electron chi connectivity index (χ2n) is 2.08. The highest BCUT2D eigenvalue weighted by Gasteiger charge is 2.08. The van der Waals surface area contributed by atoms with Gasteiger partial charge in [-0.2, -0.15) is 0 Å². The van der Waals surface area contributed by atoms with Crippen LogP contribution in [0.5, 0.6) is 0 Å². The first kappa shape index (κ1) is 10.4. The standard InChI is InChI=1S/C7H14NO3/c1-2-7(11)8(3-5-9)4-6-10/h9-10H,1-6H2. The molecule has 1 radical (unpaired) electrons. The number of rotatable bonds is 5. The molecule has 0 spiro atoms. The average Bonchev–Trinajstić information content (AvgIpc) is 2.03. The van der Waals surface area contributed by atoms with Crippen molar-refractivity contribution in [1.29, 1.82) is 0 Å². The summed E-state index contributed by atoms with van der Waals surface area (Å²) in [5.74, 6) is -0.145. The number of aliphatic hydroxyl groups excluding tert-OH is 2. The van der Waals surface area contributed by atoms with Gasteiger partial charge < -0.3 is 15.1 Å². The summed E-state index contributed by atoms with van der Waals surface area (Å²) in [6.45, 7) is 3.81. The normalized spacial score (nSPS) is 9.73. The van der Waals surface area contributed by atoms with E-state index in [1.165, 1.54) is 4.90 Å². The van der Waals surface area contributed by atoms with Gasteiger partial charge in [0, 0.05) is 19.5 Å². The molecule has 0 heterocycles. The maximum atomic E-state index is 10.9. The minimum absolute atomic E-state index is 0.0776. The van der Waals surface area contributed by atoms with Gasteiger partial charge in [0.1, 0.15) is 0 Å². The third-order valence-electron chi connectivity index (χ3n) is 1.31. The third-order valence-corrected chi connectivity index (χ3v) is 1.31. The number of amides is 1. The van der Waals surface area contributed by atoms with Crippen LogP contribution >= 0.6 is 0 Å². The number of carbonyl (C=O) groups is 1. The summed E-state index contributed by atoms with van der Waals surface area (Å²) in [6.07, 6.45) is 0.167. The Labute approximate surface area is 66.4 Å². The molecule has 65 valence electrons. The molecule has 0 aromatic rings. The Kier molecular flexibility index (Phi) is 5.78. The first-order valence-corrected chi connectivity index (χ1v) is 3.55. The Bertz CT molecular complexity index is 110. The Morgan fingerprint density at radius 2 is 1.73 bits per heavy atom. The van der Waals surface area contributed by atoms with Crippen LogP contribution in [0.3, 0.4) is 0 Å². The van der Waals surface area contributed by atoms with Gasteiger partial charge in [0.15, 0.2) is 0 Å². The number of aliphatic hydroxyl groups is 2. The Morgan fingerprint density at radius 1 is 1.27 bits per heavy atom. The minimum Gasteiger partial charge on any atom is -0.395 e. The fourth-order valence-electron chi connectivity index (χ4n) is 0.761. The van der Waals surface area contributed by atoms with Crippen LogP contribution in [-0.2, 0) is 4.79 Å². The average molecular weight is 160 g/mol. The van der Waals surface area contributed by atoms with Crippen molar-refractivity contribution in [2.75, 3.05) is 26.3 Å². The van der Waals surface area contributed by atoms with E-state index in [0.717, 1.165) is 0 Å². The van der Waals surface area contributed by atoms with Crippen molar-refractivity contribution in [3.63, 3.8) is 0 Å². The van der Waals surface area contributed by atoms with E-state index in [9.17, 15) is 4.79 Å². The number of nitrogens with zero attached hydrogens (tertiary/aromatic N) is 1. The zero-order valence-corrected chi connectivity index (χ0v) is 6.49. The van der Waals surface area contributed by atoms with Gasteiger partial charge >= 0.3 is 0 Å². The van der Waals surface area contributed by atoms with E-state index in [2.05, 4.69) is 6.92 Å². The molecule has 4 heteroatoms. The molecule has 0 aromatic carbocycles. The zero-order chi connectivity index (χ0) is 8.69. The molecular weight excluding hydrogens is 146 g/mol. The molecule has 11 heavy (non-hydrogen) atoms. The van der Waals surface area contributed by atoms with Crippen LogP contribution in [0.15, 0.2) is 0 Å². The maximum absolute atomic E-state index is 10.9. The first-order valence-electron chi connectivity index (χ1n) is 3.55. The van der Waals surface area contributed by atoms with Crippen molar-refractivity contribution in [3.05, 3.63) is 6.92 Å². The highest BCUT2D eigenvalue weighted by atomic mass is 16.3. The van der Waals surface area contributed by atoms with Gasteiger partial charge in [0.2, 0.25) is 5.91 Å². The van der Waals surface area contributed by atoms with Crippen molar-refractivity contribution in [3.8, 4) is 0 Å². The first-order chi connectivity index (χ1) is 5.26. The summed E-state index contributed by atoms with van der Waals surface area (Å²) in [7, 11) is 0. The van der Waals surface area contributed by atoms with Gasteiger partial charge in [-0.15, -0.1) is 0 Å². The maximum Gasteiger partial charge on any atom is 0.222 e. The highest BCUT2D eigenvalue weighted by molar-refractivity contribution is 5.76. The molecule has 0 saturated carbocycles. The molecule has 0 saturated heterocycles. The minimum atomic E-state index is -0.145. The highest BCUT2D eigenvalue weighted by Crippen LogP contribution is 1.91. The molecule has 0 rings (SSSR count). The van der Waals surface area contributed by atoms with Crippen LogP contribution in [0.1, 0.15) is 6.42 Å². The summed E-state index contributed by atoms with van der Waals surface area (Å²) < 4.78 is 0. The van der Waals surface area contributed by atoms with Crippen LogP contribution in [-0.4, -0.2) is 47.3 Å². The zero-order valence-electron chi connectivity index (χ0n) is 6.49. The molecule has 0 bridgehead atoms. The fraction of sp³-hybridized carbons (Fsp3) is 0.714. The predicted octanol–water partition coefficient (Wildman–Crippen LogP) is -0.976. The monoisotopic (exact) mass is 160 g/mol. The van der Waals surface area contributed by atoms with Crippen molar-refractivity contribution in [1.82, 2.24) is 4.90 Å². The Hall–Kier alpha value is -0.610. The molecular formula is C7H14NO3. The summed E-state index contributed by atoms with van der Waals surface area (Å²) in [5.41, 5.74) is 0. The summed E-state index contributed by atoms with van der Waals surface area (Å²) in [6, 6.07) is 0. The molecule has 0 aliphatic rings. The SMILES string of the molecule is [CH2]CC(=O)N(CCO)CCO. The van der Waals surface area contributed by atoms with Gasteiger partial charge in [-0.25, -0.2) is 0 Å². The number of hydrogen-bond donors (Lipinski definition) is 2. The Morgan fingerprint density at radius 3 is 2.00 bits per heavy atom. The lowest BCUT2D eigenvalue weighted by Gasteiger charge is -2.19. The molecule has 2 N–H and O–H groups in total. The van der Waals surface area contributed by atoms with Crippen molar-refractivity contribution in [2.45, 2.75) is 6.42 Å². The van der Waals surface area contributed by atoms with E-state index in [-0.39, 0.29) is 38.6 Å². The van der Waals surface area contributed by atoms with Gasteiger partial charge in [-0.3, -0.25) is 4.79 Å². The molecule has 0 unspecified atom stereocenters. The summed E-state index contributed by atoms with van der Waals surface area (Å²) in [5, 5.41) is 17.0. The van der Waals surface area contributed by atoms with E-state index in [1.807, 2.05) is 0 Å². The molecule has 0 aromatic heterocycles. The Balaban J connectivity index is 3.76. The van der Waals surface area contributed by atoms with Gasteiger partial charge in [-0.1, -0.05) is 0 Å². The molecule has 0 atom stereocenters. The molecule has 0 fully saturated rings. The molecule has 0 aliphatic heterocycles. The van der Waals surface area contributed by atoms with Gasteiger partial charge in [0.25, 0.3) is 0 Å². The van der Waals surface area contributed by atoms with Crippen molar-refractivity contribution < 1.29 is 15.0 Å². The summed E-state index contributed by atoms with van der Waals surface area (Å²) in [4.78, 5) is 12.3. The van der Waals surface area contributed by atoms with Crippen molar-refractivity contribution in [2.24, 2.45) is 0 Å². The lowest BCUT2D eigenvalue weighted by atomic mass is 10.4. The van der Waals surface area contributed by atoms with E-state index in [4.69, 9.17) is 10.2 Å². The topological polar surface area (TPSA) is 60.8 Å². The third kappa shape index (κ3) is 3.95.